The van der Waals surface area contributed by atoms with Crippen molar-refractivity contribution >= 4 is 21.6 Å². The number of amides is 1. The van der Waals surface area contributed by atoms with Gasteiger partial charge in [0, 0.05) is 12.2 Å². The van der Waals surface area contributed by atoms with E-state index in [0.29, 0.717) is 12.2 Å². The SMILES string of the molecule is C=CCNC(=O)C1(c2ccc(NS(=O)(=O)c3ccc(C)cc3)cc2)CC1. The Labute approximate surface area is 154 Å². The molecule has 1 aliphatic carbocycles. The summed E-state index contributed by atoms with van der Waals surface area (Å²) in [6, 6.07) is 13.7. The van der Waals surface area contributed by atoms with E-state index in [1.54, 1.807) is 42.5 Å². The molecule has 0 heterocycles. The minimum atomic E-state index is -3.63. The molecule has 2 N–H and O–H groups in total. The van der Waals surface area contributed by atoms with Crippen molar-refractivity contribution in [1.29, 1.82) is 0 Å². The number of hydrogen-bond acceptors (Lipinski definition) is 3. The van der Waals surface area contributed by atoms with Gasteiger partial charge in [-0.05, 0) is 49.6 Å². The van der Waals surface area contributed by atoms with Gasteiger partial charge in [-0.25, -0.2) is 8.42 Å². The number of hydrogen-bond donors (Lipinski definition) is 2. The fraction of sp³-hybridized carbons (Fsp3) is 0.250. The quantitative estimate of drug-likeness (QED) is 0.735. The van der Waals surface area contributed by atoms with E-state index >= 15 is 0 Å². The second-order valence-electron chi connectivity index (χ2n) is 6.58. The van der Waals surface area contributed by atoms with E-state index in [0.717, 1.165) is 24.0 Å². The third-order valence-corrected chi connectivity index (χ3v) is 6.01. The largest absolute Gasteiger partial charge is 0.352 e. The molecule has 0 aromatic heterocycles. The predicted octanol–water partition coefficient (Wildman–Crippen LogP) is 3.13. The number of carbonyl (C=O) groups is 1. The van der Waals surface area contributed by atoms with Crippen molar-refractivity contribution in [2.75, 3.05) is 11.3 Å². The van der Waals surface area contributed by atoms with E-state index in [-0.39, 0.29) is 10.8 Å². The number of nitrogens with one attached hydrogen (secondary N) is 2. The summed E-state index contributed by atoms with van der Waals surface area (Å²) in [5.41, 5.74) is 1.88. The van der Waals surface area contributed by atoms with Crippen LogP contribution in [0.5, 0.6) is 0 Å². The molecule has 0 atom stereocenters. The van der Waals surface area contributed by atoms with Crippen molar-refractivity contribution in [3.05, 3.63) is 72.3 Å². The van der Waals surface area contributed by atoms with Crippen LogP contribution in [0.25, 0.3) is 0 Å². The zero-order valence-electron chi connectivity index (χ0n) is 14.7. The summed E-state index contributed by atoms with van der Waals surface area (Å²) in [6.07, 6.45) is 3.24. The fourth-order valence-electron chi connectivity index (χ4n) is 2.89. The van der Waals surface area contributed by atoms with Gasteiger partial charge in [-0.1, -0.05) is 35.9 Å². The molecule has 1 saturated carbocycles. The Morgan fingerprint density at radius 1 is 1.12 bits per heavy atom. The van der Waals surface area contributed by atoms with Crippen LogP contribution >= 0.6 is 0 Å². The van der Waals surface area contributed by atoms with Crippen LogP contribution in [0.1, 0.15) is 24.0 Å². The van der Waals surface area contributed by atoms with Crippen LogP contribution in [0.2, 0.25) is 0 Å². The molecule has 1 amide bonds. The van der Waals surface area contributed by atoms with Crippen molar-refractivity contribution < 1.29 is 13.2 Å². The van der Waals surface area contributed by atoms with Crippen LogP contribution in [0.15, 0.2) is 66.1 Å². The molecule has 0 aliphatic heterocycles. The van der Waals surface area contributed by atoms with Crippen LogP contribution in [0, 0.1) is 6.92 Å². The van der Waals surface area contributed by atoms with Gasteiger partial charge in [-0.3, -0.25) is 9.52 Å². The van der Waals surface area contributed by atoms with Gasteiger partial charge in [-0.2, -0.15) is 0 Å². The lowest BCUT2D eigenvalue weighted by molar-refractivity contribution is -0.123. The topological polar surface area (TPSA) is 75.3 Å². The lowest BCUT2D eigenvalue weighted by Crippen LogP contribution is -2.34. The van der Waals surface area contributed by atoms with Crippen molar-refractivity contribution in [1.82, 2.24) is 5.32 Å². The third-order valence-electron chi connectivity index (χ3n) is 4.61. The van der Waals surface area contributed by atoms with Gasteiger partial charge in [-0.15, -0.1) is 6.58 Å². The molecule has 0 radical (unpaired) electrons. The van der Waals surface area contributed by atoms with Crippen LogP contribution in [-0.4, -0.2) is 20.9 Å². The Hall–Kier alpha value is -2.60. The van der Waals surface area contributed by atoms with E-state index in [4.69, 9.17) is 0 Å². The number of aryl methyl sites for hydroxylation is 1. The van der Waals surface area contributed by atoms with Gasteiger partial charge < -0.3 is 5.32 Å². The normalized spacial score (nSPS) is 15.1. The van der Waals surface area contributed by atoms with E-state index < -0.39 is 15.4 Å². The highest BCUT2D eigenvalue weighted by Crippen LogP contribution is 2.48. The van der Waals surface area contributed by atoms with Crippen LogP contribution in [-0.2, 0) is 20.2 Å². The van der Waals surface area contributed by atoms with Crippen molar-refractivity contribution in [3.63, 3.8) is 0 Å². The van der Waals surface area contributed by atoms with Crippen LogP contribution < -0.4 is 10.0 Å². The van der Waals surface area contributed by atoms with Crippen LogP contribution in [0.3, 0.4) is 0 Å². The maximum atomic E-state index is 12.4. The first-order valence-corrected chi connectivity index (χ1v) is 9.95. The molecule has 2 aromatic rings. The highest BCUT2D eigenvalue weighted by molar-refractivity contribution is 7.92. The lowest BCUT2D eigenvalue weighted by atomic mass is 9.95. The van der Waals surface area contributed by atoms with Gasteiger partial charge in [0.2, 0.25) is 5.91 Å². The number of anilines is 1. The van der Waals surface area contributed by atoms with Crippen LogP contribution in [0.4, 0.5) is 5.69 Å². The van der Waals surface area contributed by atoms with Gasteiger partial charge >= 0.3 is 0 Å². The monoisotopic (exact) mass is 370 g/mol. The van der Waals surface area contributed by atoms with E-state index in [1.807, 2.05) is 19.1 Å². The number of rotatable bonds is 7. The highest BCUT2D eigenvalue weighted by Gasteiger charge is 2.50. The van der Waals surface area contributed by atoms with E-state index in [1.165, 1.54) is 0 Å². The first kappa shape index (κ1) is 18.2. The summed E-state index contributed by atoms with van der Waals surface area (Å²) in [5, 5.41) is 2.84. The molecular formula is C20H22N2O3S. The Balaban J connectivity index is 1.75. The average Bonchev–Trinajstić information content (AvgIpc) is 3.42. The zero-order chi connectivity index (χ0) is 18.8. The molecule has 6 heteroatoms. The molecule has 0 spiro atoms. The Morgan fingerprint density at radius 3 is 2.27 bits per heavy atom. The number of carbonyl (C=O) groups excluding carboxylic acids is 1. The summed E-state index contributed by atoms with van der Waals surface area (Å²) >= 11 is 0. The maximum absolute atomic E-state index is 12.4. The molecule has 1 fully saturated rings. The summed E-state index contributed by atoms with van der Waals surface area (Å²) in [7, 11) is -3.63. The molecule has 1 aliphatic rings. The zero-order valence-corrected chi connectivity index (χ0v) is 15.5. The van der Waals surface area contributed by atoms with Crippen molar-refractivity contribution in [3.8, 4) is 0 Å². The maximum Gasteiger partial charge on any atom is 0.261 e. The number of sulfonamides is 1. The van der Waals surface area contributed by atoms with E-state index in [2.05, 4.69) is 16.6 Å². The summed E-state index contributed by atoms with van der Waals surface area (Å²) in [6.45, 7) is 5.95. The fourth-order valence-corrected chi connectivity index (χ4v) is 3.95. The first-order chi connectivity index (χ1) is 12.4. The highest BCUT2D eigenvalue weighted by atomic mass is 32.2. The van der Waals surface area contributed by atoms with Gasteiger partial charge in [0.25, 0.3) is 10.0 Å². The van der Waals surface area contributed by atoms with E-state index in [9.17, 15) is 13.2 Å². The Morgan fingerprint density at radius 2 is 1.73 bits per heavy atom. The van der Waals surface area contributed by atoms with Crippen molar-refractivity contribution in [2.24, 2.45) is 0 Å². The lowest BCUT2D eigenvalue weighted by Gasteiger charge is -2.16. The van der Waals surface area contributed by atoms with Gasteiger partial charge in [0.1, 0.15) is 0 Å². The molecule has 0 unspecified atom stereocenters. The second-order valence-corrected chi connectivity index (χ2v) is 8.26. The molecule has 0 bridgehead atoms. The minimum absolute atomic E-state index is 0.00890. The smallest absolute Gasteiger partial charge is 0.261 e. The summed E-state index contributed by atoms with van der Waals surface area (Å²) in [5.74, 6) is -0.00890. The first-order valence-electron chi connectivity index (χ1n) is 8.47. The predicted molar refractivity (Wildman–Crippen MR) is 103 cm³/mol. The molecule has 26 heavy (non-hydrogen) atoms. The molecule has 0 saturated heterocycles. The minimum Gasteiger partial charge on any atom is -0.352 e. The molecular weight excluding hydrogens is 348 g/mol. The standard InChI is InChI=1S/C20H22N2O3S/c1-3-14-21-19(23)20(12-13-20)16-6-8-17(9-7-16)22-26(24,25)18-10-4-15(2)5-11-18/h3-11,22H,1,12-14H2,2H3,(H,21,23). The number of benzene rings is 2. The van der Waals surface area contributed by atoms with Gasteiger partial charge in [0.15, 0.2) is 0 Å². The second kappa shape index (κ2) is 6.96. The summed E-state index contributed by atoms with van der Waals surface area (Å²) in [4.78, 5) is 12.6. The molecule has 3 rings (SSSR count). The molecule has 5 nitrogen and oxygen atoms in total. The Bertz CT molecular complexity index is 913. The Kier molecular flexibility index (Phi) is 4.87. The molecule has 136 valence electrons. The average molecular weight is 370 g/mol. The van der Waals surface area contributed by atoms with Gasteiger partial charge in [0.05, 0.1) is 10.3 Å². The summed E-state index contributed by atoms with van der Waals surface area (Å²) < 4.78 is 27.5. The van der Waals surface area contributed by atoms with Crippen molar-refractivity contribution in [2.45, 2.75) is 30.1 Å². The molecule has 2 aromatic carbocycles. The third kappa shape index (κ3) is 3.65.